The Kier molecular flexibility index (Phi) is 6.74. The van der Waals surface area contributed by atoms with Gasteiger partial charge in [0.2, 0.25) is 5.91 Å². The van der Waals surface area contributed by atoms with Crippen LogP contribution in [0.25, 0.3) is 0 Å². The summed E-state index contributed by atoms with van der Waals surface area (Å²) in [5, 5.41) is 4.51. The Balaban J connectivity index is 2.12. The molecule has 136 valence electrons. The number of ether oxygens (including phenoxy) is 1. The van der Waals surface area contributed by atoms with Crippen LogP contribution in [-0.2, 0) is 31.5 Å². The number of halogens is 1. The van der Waals surface area contributed by atoms with E-state index in [9.17, 15) is 4.79 Å². The van der Waals surface area contributed by atoms with E-state index < -0.39 is 0 Å². The molecule has 0 fully saturated rings. The van der Waals surface area contributed by atoms with E-state index in [2.05, 4.69) is 25.9 Å². The highest BCUT2D eigenvalue weighted by Gasteiger charge is 2.12. The van der Waals surface area contributed by atoms with Crippen LogP contribution >= 0.6 is 28.1 Å². The van der Waals surface area contributed by atoms with Crippen LogP contribution in [0.2, 0.25) is 0 Å². The van der Waals surface area contributed by atoms with E-state index in [4.69, 9.17) is 22.7 Å². The maximum absolute atomic E-state index is 11.0. The molecule has 1 aromatic carbocycles. The highest BCUT2D eigenvalue weighted by atomic mass is 79.9. The quantitative estimate of drug-likeness (QED) is 0.653. The van der Waals surface area contributed by atoms with Crippen molar-refractivity contribution in [2.24, 2.45) is 12.8 Å². The van der Waals surface area contributed by atoms with E-state index >= 15 is 0 Å². The van der Waals surface area contributed by atoms with E-state index in [0.717, 1.165) is 21.6 Å². The predicted molar refractivity (Wildman–Crippen MR) is 102 cm³/mol. The number of carbonyl (C=O) groups is 1. The standard InChI is InChI=1S/C16H22BrN5O2S/c1-20(9-11-8-12(17)4-5-13(11)24-3)10-22-16(25)21(2)15(19-22)7-6-14(18)23/h4-5,8H,6-7,9-10H2,1-3H3,(H2,18,23). The van der Waals surface area contributed by atoms with E-state index in [-0.39, 0.29) is 12.3 Å². The Hall–Kier alpha value is -1.71. The van der Waals surface area contributed by atoms with Crippen LogP contribution in [0.4, 0.5) is 0 Å². The minimum Gasteiger partial charge on any atom is -0.496 e. The summed E-state index contributed by atoms with van der Waals surface area (Å²) in [6.07, 6.45) is 0.732. The fraction of sp³-hybridized carbons (Fsp3) is 0.438. The fourth-order valence-electron chi connectivity index (χ4n) is 2.52. The second-order valence-electron chi connectivity index (χ2n) is 5.84. The molecule has 0 aliphatic heterocycles. The molecule has 0 unspecified atom stereocenters. The number of nitrogens with zero attached hydrogens (tertiary/aromatic N) is 4. The lowest BCUT2D eigenvalue weighted by Gasteiger charge is -2.18. The van der Waals surface area contributed by atoms with Crippen LogP contribution in [0.1, 0.15) is 17.8 Å². The summed E-state index contributed by atoms with van der Waals surface area (Å²) in [6.45, 7) is 1.20. The van der Waals surface area contributed by atoms with Gasteiger partial charge >= 0.3 is 0 Å². The minimum atomic E-state index is -0.348. The van der Waals surface area contributed by atoms with Gasteiger partial charge in [-0.1, -0.05) is 15.9 Å². The van der Waals surface area contributed by atoms with E-state index in [1.54, 1.807) is 11.8 Å². The number of benzene rings is 1. The SMILES string of the molecule is COc1ccc(Br)cc1CN(C)Cn1nc(CCC(N)=O)n(C)c1=S. The van der Waals surface area contributed by atoms with Crippen LogP contribution in [0, 0.1) is 4.77 Å². The summed E-state index contributed by atoms with van der Waals surface area (Å²) >= 11 is 8.92. The molecule has 0 bridgehead atoms. The van der Waals surface area contributed by atoms with Crippen LogP contribution in [0.3, 0.4) is 0 Å². The maximum Gasteiger partial charge on any atom is 0.217 e. The van der Waals surface area contributed by atoms with Crippen LogP contribution in [0.15, 0.2) is 22.7 Å². The Morgan fingerprint density at radius 1 is 1.48 bits per heavy atom. The van der Waals surface area contributed by atoms with Gasteiger partial charge in [-0.25, -0.2) is 4.68 Å². The van der Waals surface area contributed by atoms with Crippen molar-refractivity contribution < 1.29 is 9.53 Å². The van der Waals surface area contributed by atoms with Crippen molar-refractivity contribution in [1.29, 1.82) is 0 Å². The molecule has 2 rings (SSSR count). The molecule has 0 atom stereocenters. The van der Waals surface area contributed by atoms with Gasteiger partial charge in [-0.2, -0.15) is 5.10 Å². The van der Waals surface area contributed by atoms with Gasteiger partial charge in [-0.3, -0.25) is 9.69 Å². The second kappa shape index (κ2) is 8.59. The third-order valence-electron chi connectivity index (χ3n) is 3.78. The van der Waals surface area contributed by atoms with Gasteiger partial charge in [-0.05, 0) is 37.5 Å². The highest BCUT2D eigenvalue weighted by Crippen LogP contribution is 2.24. The number of amides is 1. The largest absolute Gasteiger partial charge is 0.496 e. The minimum absolute atomic E-state index is 0.255. The number of aryl methyl sites for hydroxylation is 1. The molecule has 0 aliphatic carbocycles. The van der Waals surface area contributed by atoms with Crippen LogP contribution in [-0.4, -0.2) is 39.3 Å². The lowest BCUT2D eigenvalue weighted by molar-refractivity contribution is -0.118. The number of aromatic nitrogens is 3. The number of carbonyl (C=O) groups excluding carboxylic acids is 1. The van der Waals surface area contributed by atoms with Crippen LogP contribution < -0.4 is 10.5 Å². The van der Waals surface area contributed by atoms with E-state index in [0.29, 0.717) is 24.4 Å². The van der Waals surface area contributed by atoms with Crippen molar-refractivity contribution in [3.63, 3.8) is 0 Å². The molecule has 7 nitrogen and oxygen atoms in total. The van der Waals surface area contributed by atoms with Gasteiger partial charge in [-0.15, -0.1) is 0 Å². The predicted octanol–water partition coefficient (Wildman–Crippen LogP) is 2.23. The van der Waals surface area contributed by atoms with E-state index in [1.807, 2.05) is 36.9 Å². The summed E-state index contributed by atoms with van der Waals surface area (Å²) in [5.74, 6) is 1.23. The normalized spacial score (nSPS) is 11.1. The summed E-state index contributed by atoms with van der Waals surface area (Å²) in [6, 6.07) is 5.91. The smallest absolute Gasteiger partial charge is 0.217 e. The van der Waals surface area contributed by atoms with Crippen molar-refractivity contribution in [2.45, 2.75) is 26.1 Å². The topological polar surface area (TPSA) is 78.3 Å². The number of hydrogen-bond acceptors (Lipinski definition) is 5. The molecule has 0 aliphatic rings. The van der Waals surface area contributed by atoms with Gasteiger partial charge in [0.1, 0.15) is 11.6 Å². The first-order valence-electron chi connectivity index (χ1n) is 7.73. The van der Waals surface area contributed by atoms with Crippen LogP contribution in [0.5, 0.6) is 5.75 Å². The number of nitrogens with two attached hydrogens (primary N) is 1. The molecule has 1 aromatic heterocycles. The molecule has 0 spiro atoms. The molecule has 9 heteroatoms. The van der Waals surface area contributed by atoms with Gasteiger partial charge in [0.05, 0.1) is 13.8 Å². The zero-order valence-corrected chi connectivity index (χ0v) is 16.9. The second-order valence-corrected chi connectivity index (χ2v) is 7.12. The summed E-state index contributed by atoms with van der Waals surface area (Å²) in [4.78, 5) is 13.1. The highest BCUT2D eigenvalue weighted by molar-refractivity contribution is 9.10. The van der Waals surface area contributed by atoms with Crippen molar-refractivity contribution in [2.75, 3.05) is 14.2 Å². The van der Waals surface area contributed by atoms with E-state index in [1.165, 1.54) is 0 Å². The number of hydrogen-bond donors (Lipinski definition) is 1. The molecular formula is C16H22BrN5O2S. The third kappa shape index (κ3) is 5.13. The average molecular weight is 428 g/mol. The summed E-state index contributed by atoms with van der Waals surface area (Å²) in [5.41, 5.74) is 6.27. The zero-order valence-electron chi connectivity index (χ0n) is 14.5. The van der Waals surface area contributed by atoms with Gasteiger partial charge in [0.25, 0.3) is 0 Å². The fourth-order valence-corrected chi connectivity index (χ4v) is 3.13. The first-order chi connectivity index (χ1) is 11.8. The molecule has 2 N–H and O–H groups in total. The average Bonchev–Trinajstić information content (AvgIpc) is 2.81. The van der Waals surface area contributed by atoms with Gasteiger partial charge in [0, 0.05) is 36.5 Å². The molecule has 1 amide bonds. The maximum atomic E-state index is 11.0. The molecule has 25 heavy (non-hydrogen) atoms. The summed E-state index contributed by atoms with van der Waals surface area (Å²) < 4.78 is 10.6. The number of primary amides is 1. The number of methoxy groups -OCH3 is 1. The Labute approximate surface area is 160 Å². The van der Waals surface area contributed by atoms with Crippen molar-refractivity contribution in [1.82, 2.24) is 19.2 Å². The molecule has 1 heterocycles. The lowest BCUT2D eigenvalue weighted by Crippen LogP contribution is -2.23. The molecule has 2 aromatic rings. The Morgan fingerprint density at radius 3 is 2.84 bits per heavy atom. The number of rotatable bonds is 8. The Bertz CT molecular complexity index is 817. The molecule has 0 radical (unpaired) electrons. The van der Waals surface area contributed by atoms with Crippen molar-refractivity contribution in [3.05, 3.63) is 38.8 Å². The Morgan fingerprint density at radius 2 is 2.20 bits per heavy atom. The van der Waals surface area contributed by atoms with Gasteiger partial charge in [0.15, 0.2) is 4.77 Å². The molecular weight excluding hydrogens is 406 g/mol. The monoisotopic (exact) mass is 427 g/mol. The first kappa shape index (κ1) is 19.6. The van der Waals surface area contributed by atoms with Gasteiger partial charge < -0.3 is 15.0 Å². The molecule has 0 saturated carbocycles. The van der Waals surface area contributed by atoms with Crippen molar-refractivity contribution in [3.8, 4) is 5.75 Å². The lowest BCUT2D eigenvalue weighted by atomic mass is 10.2. The third-order valence-corrected chi connectivity index (χ3v) is 4.76. The summed E-state index contributed by atoms with van der Waals surface area (Å²) in [7, 11) is 5.49. The zero-order chi connectivity index (χ0) is 18.6. The molecule has 0 saturated heterocycles. The van der Waals surface area contributed by atoms with Crippen molar-refractivity contribution >= 4 is 34.1 Å². The first-order valence-corrected chi connectivity index (χ1v) is 8.94.